The molecular weight excluding hydrogens is 262 g/mol. The van der Waals surface area contributed by atoms with Crippen molar-refractivity contribution in [2.24, 2.45) is 17.6 Å². The van der Waals surface area contributed by atoms with Gasteiger partial charge in [-0.05, 0) is 64.1 Å². The van der Waals surface area contributed by atoms with Crippen LogP contribution in [-0.4, -0.2) is 28.5 Å². The number of carbonyl (C=O) groups excluding carboxylic acids is 1. The molecule has 1 fully saturated rings. The van der Waals surface area contributed by atoms with Crippen LogP contribution in [0.25, 0.3) is 0 Å². The molecule has 3 rings (SSSR count). The van der Waals surface area contributed by atoms with Crippen molar-refractivity contribution in [2.75, 3.05) is 13.1 Å². The van der Waals surface area contributed by atoms with Crippen LogP contribution in [-0.2, 0) is 11.3 Å². The lowest BCUT2D eigenvalue weighted by molar-refractivity contribution is -0.140. The molecule has 0 spiro atoms. The first-order chi connectivity index (χ1) is 10.1. The third-order valence-corrected chi connectivity index (χ3v) is 5.51. The summed E-state index contributed by atoms with van der Waals surface area (Å²) in [6, 6.07) is 4.53. The molecule has 1 aliphatic heterocycles. The van der Waals surface area contributed by atoms with Crippen LogP contribution in [0.1, 0.15) is 50.0 Å². The zero-order valence-corrected chi connectivity index (χ0v) is 13.2. The maximum atomic E-state index is 12.9. The second-order valence-electron chi connectivity index (χ2n) is 6.71. The van der Waals surface area contributed by atoms with Crippen molar-refractivity contribution in [3.05, 3.63) is 23.5 Å². The number of aryl methyl sites for hydroxylation is 1. The minimum Gasteiger partial charge on any atom is -0.345 e. The van der Waals surface area contributed by atoms with Gasteiger partial charge < -0.3 is 15.2 Å². The summed E-state index contributed by atoms with van der Waals surface area (Å²) in [5.41, 5.74) is 8.33. The maximum Gasteiger partial charge on any atom is 0.226 e. The fourth-order valence-corrected chi connectivity index (χ4v) is 4.00. The van der Waals surface area contributed by atoms with Crippen LogP contribution in [0.3, 0.4) is 0 Å². The molecule has 0 saturated heterocycles. The van der Waals surface area contributed by atoms with E-state index in [2.05, 4.69) is 35.4 Å². The predicted octanol–water partition coefficient (Wildman–Crippen LogP) is 2.46. The average Bonchev–Trinajstić information content (AvgIpc) is 2.89. The van der Waals surface area contributed by atoms with Gasteiger partial charge in [0.25, 0.3) is 0 Å². The Hall–Kier alpha value is -1.29. The summed E-state index contributed by atoms with van der Waals surface area (Å²) < 4.78 is 2.35. The smallest absolute Gasteiger partial charge is 0.226 e. The molecule has 1 aromatic heterocycles. The highest BCUT2D eigenvalue weighted by atomic mass is 16.2. The highest BCUT2D eigenvalue weighted by Crippen LogP contribution is 2.33. The highest BCUT2D eigenvalue weighted by Gasteiger charge is 2.34. The van der Waals surface area contributed by atoms with E-state index in [0.29, 0.717) is 11.8 Å². The van der Waals surface area contributed by atoms with Crippen LogP contribution in [0.2, 0.25) is 0 Å². The largest absolute Gasteiger partial charge is 0.345 e. The summed E-state index contributed by atoms with van der Waals surface area (Å²) in [5.74, 6) is 1.22. The van der Waals surface area contributed by atoms with Gasteiger partial charge in [-0.2, -0.15) is 0 Å². The van der Waals surface area contributed by atoms with Gasteiger partial charge in [0.1, 0.15) is 0 Å². The number of fused-ring (bicyclic) bond motifs is 1. The SMILES string of the molecule is Cc1ccc2n1CCN(C(=O)C1CCC(CN)CC1)C2C. The van der Waals surface area contributed by atoms with Crippen molar-refractivity contribution in [1.82, 2.24) is 9.47 Å². The highest BCUT2D eigenvalue weighted by molar-refractivity contribution is 5.79. The van der Waals surface area contributed by atoms with E-state index < -0.39 is 0 Å². The van der Waals surface area contributed by atoms with E-state index in [1.54, 1.807) is 0 Å². The number of aromatic nitrogens is 1. The molecule has 0 radical (unpaired) electrons. The summed E-state index contributed by atoms with van der Waals surface area (Å²) in [5, 5.41) is 0. The van der Waals surface area contributed by atoms with E-state index >= 15 is 0 Å². The van der Waals surface area contributed by atoms with Crippen LogP contribution >= 0.6 is 0 Å². The van der Waals surface area contributed by atoms with Crippen LogP contribution in [0, 0.1) is 18.8 Å². The van der Waals surface area contributed by atoms with Crippen molar-refractivity contribution in [1.29, 1.82) is 0 Å². The van der Waals surface area contributed by atoms with Crippen LogP contribution in [0.15, 0.2) is 12.1 Å². The molecule has 4 heteroatoms. The quantitative estimate of drug-likeness (QED) is 0.909. The van der Waals surface area contributed by atoms with Gasteiger partial charge in [0.2, 0.25) is 5.91 Å². The molecule has 1 aliphatic carbocycles. The van der Waals surface area contributed by atoms with Crippen molar-refractivity contribution >= 4 is 5.91 Å². The van der Waals surface area contributed by atoms with E-state index in [-0.39, 0.29) is 12.0 Å². The second-order valence-corrected chi connectivity index (χ2v) is 6.71. The van der Waals surface area contributed by atoms with Gasteiger partial charge in [-0.3, -0.25) is 4.79 Å². The Kier molecular flexibility index (Phi) is 4.07. The zero-order chi connectivity index (χ0) is 15.0. The Morgan fingerprint density at radius 1 is 1.24 bits per heavy atom. The Labute approximate surface area is 127 Å². The monoisotopic (exact) mass is 289 g/mol. The van der Waals surface area contributed by atoms with Gasteiger partial charge in [0.15, 0.2) is 0 Å². The van der Waals surface area contributed by atoms with E-state index in [9.17, 15) is 4.79 Å². The molecule has 1 aromatic rings. The van der Waals surface area contributed by atoms with E-state index in [4.69, 9.17) is 5.73 Å². The lowest BCUT2D eigenvalue weighted by Gasteiger charge is -2.39. The molecule has 21 heavy (non-hydrogen) atoms. The minimum atomic E-state index is 0.201. The summed E-state index contributed by atoms with van der Waals surface area (Å²) in [7, 11) is 0. The molecule has 1 saturated carbocycles. The summed E-state index contributed by atoms with van der Waals surface area (Å²) >= 11 is 0. The zero-order valence-electron chi connectivity index (χ0n) is 13.2. The first-order valence-electron chi connectivity index (χ1n) is 8.28. The molecule has 1 unspecified atom stereocenters. The first-order valence-corrected chi connectivity index (χ1v) is 8.28. The summed E-state index contributed by atoms with van der Waals surface area (Å²) in [6.45, 7) is 6.85. The van der Waals surface area contributed by atoms with Crippen molar-refractivity contribution < 1.29 is 4.79 Å². The van der Waals surface area contributed by atoms with Crippen molar-refractivity contribution in [3.8, 4) is 0 Å². The molecule has 0 aromatic carbocycles. The third-order valence-electron chi connectivity index (χ3n) is 5.51. The molecule has 4 nitrogen and oxygen atoms in total. The average molecular weight is 289 g/mol. The van der Waals surface area contributed by atoms with Gasteiger partial charge >= 0.3 is 0 Å². The third kappa shape index (κ3) is 2.61. The lowest BCUT2D eigenvalue weighted by Crippen LogP contribution is -2.44. The topological polar surface area (TPSA) is 51.3 Å². The molecular formula is C17H27N3O. The Morgan fingerprint density at radius 2 is 1.95 bits per heavy atom. The number of hydrogen-bond acceptors (Lipinski definition) is 2. The predicted molar refractivity (Wildman–Crippen MR) is 83.8 cm³/mol. The Morgan fingerprint density at radius 3 is 2.62 bits per heavy atom. The van der Waals surface area contributed by atoms with E-state index in [0.717, 1.165) is 45.3 Å². The molecule has 1 amide bonds. The Balaban J connectivity index is 1.69. The first kappa shape index (κ1) is 14.6. The second kappa shape index (κ2) is 5.84. The summed E-state index contributed by atoms with van der Waals surface area (Å²) in [4.78, 5) is 15.0. The van der Waals surface area contributed by atoms with E-state index in [1.165, 1.54) is 11.4 Å². The van der Waals surface area contributed by atoms with Crippen LogP contribution in [0.4, 0.5) is 0 Å². The van der Waals surface area contributed by atoms with Gasteiger partial charge in [-0.25, -0.2) is 0 Å². The van der Waals surface area contributed by atoms with Crippen molar-refractivity contribution in [2.45, 2.75) is 52.1 Å². The Bertz CT molecular complexity index is 514. The van der Waals surface area contributed by atoms with Crippen LogP contribution in [0.5, 0.6) is 0 Å². The molecule has 2 N–H and O–H groups in total. The van der Waals surface area contributed by atoms with Gasteiger partial charge in [0.05, 0.1) is 6.04 Å². The van der Waals surface area contributed by atoms with Gasteiger partial charge in [-0.1, -0.05) is 0 Å². The van der Waals surface area contributed by atoms with Gasteiger partial charge in [0, 0.05) is 30.4 Å². The minimum absolute atomic E-state index is 0.201. The summed E-state index contributed by atoms with van der Waals surface area (Å²) in [6.07, 6.45) is 4.27. The molecule has 116 valence electrons. The lowest BCUT2D eigenvalue weighted by atomic mass is 9.81. The fourth-order valence-electron chi connectivity index (χ4n) is 4.00. The molecule has 0 bridgehead atoms. The normalized spacial score (nSPS) is 29.3. The standard InChI is InChI=1S/C17H27N3O/c1-12-3-8-16-13(2)20(10-9-19(12)16)17(21)15-6-4-14(11-18)5-7-15/h3,8,13-15H,4-7,9-11,18H2,1-2H3. The fraction of sp³-hybridized carbons (Fsp3) is 0.706. The van der Waals surface area contributed by atoms with E-state index in [1.807, 2.05) is 0 Å². The number of nitrogens with two attached hydrogens (primary N) is 1. The van der Waals surface area contributed by atoms with Crippen LogP contribution < -0.4 is 5.73 Å². The number of carbonyl (C=O) groups is 1. The number of amides is 1. The molecule has 2 heterocycles. The maximum absolute atomic E-state index is 12.9. The van der Waals surface area contributed by atoms with Gasteiger partial charge in [-0.15, -0.1) is 0 Å². The number of nitrogens with zero attached hydrogens (tertiary/aromatic N) is 2. The number of rotatable bonds is 2. The molecule has 1 atom stereocenters. The van der Waals surface area contributed by atoms with Crippen molar-refractivity contribution in [3.63, 3.8) is 0 Å². The molecule has 2 aliphatic rings. The number of hydrogen-bond donors (Lipinski definition) is 1.